The predicted molar refractivity (Wildman–Crippen MR) is 310 cm³/mol. The lowest BCUT2D eigenvalue weighted by Gasteiger charge is -2.23. The zero-order valence-corrected chi connectivity index (χ0v) is 47.7. The number of carbonyl (C=O) groups is 1. The molecule has 81 heavy (non-hydrogen) atoms. The summed E-state index contributed by atoms with van der Waals surface area (Å²) < 4.78 is 41.4. The first-order valence-corrected chi connectivity index (χ1v) is 25.8. The van der Waals surface area contributed by atoms with Gasteiger partial charge in [0.1, 0.15) is 50.8 Å². The SMILES string of the molecule is CC(C)(C)Nc1nc(Cl)cc2ccn(CCO)c(=O)c12.CC(C)(C)Nc1nc(Nc2cc(C(O)C(F)(F)F)ccn2)cc2ccn(CCO)c(=O)c12.CC(O)c1ccnc(Cl)c1.CC(O)c1ccnc(N)c1.O=Cc1ccnc(Cl)c1. The number of alkyl halides is 3. The molecule has 8 heterocycles. The number of halogens is 6. The lowest BCUT2D eigenvalue weighted by Crippen LogP contribution is -2.29. The maximum atomic E-state index is 12.9. The fourth-order valence-electron chi connectivity index (χ4n) is 6.99. The summed E-state index contributed by atoms with van der Waals surface area (Å²) in [6, 6.07) is 18.8. The number of aliphatic hydroxyl groups is 5. The van der Waals surface area contributed by atoms with Crippen LogP contribution in [-0.4, -0.2) is 101 Å². The molecule has 8 rings (SSSR count). The van der Waals surface area contributed by atoms with Crippen LogP contribution in [0.3, 0.4) is 0 Å². The summed E-state index contributed by atoms with van der Waals surface area (Å²) in [6.45, 7) is 15.1. The van der Waals surface area contributed by atoms with Crippen LogP contribution in [-0.2, 0) is 13.1 Å². The van der Waals surface area contributed by atoms with Crippen molar-refractivity contribution in [3.05, 3.63) is 168 Å². The molecule has 0 aliphatic carbocycles. The van der Waals surface area contributed by atoms with Gasteiger partial charge in [-0.05, 0) is 156 Å². The molecule has 0 aromatic carbocycles. The van der Waals surface area contributed by atoms with Gasteiger partial charge in [0.15, 0.2) is 6.10 Å². The third-order valence-electron chi connectivity index (χ3n) is 10.6. The Kier molecular flexibility index (Phi) is 24.4. The highest BCUT2D eigenvalue weighted by Crippen LogP contribution is 2.34. The molecule has 0 amide bonds. The van der Waals surface area contributed by atoms with E-state index in [0.717, 1.165) is 41.1 Å². The quantitative estimate of drug-likeness (QED) is 0.0406. The Morgan fingerprint density at radius 3 is 1.51 bits per heavy atom. The molecule has 434 valence electrons. The van der Waals surface area contributed by atoms with Gasteiger partial charge in [-0.2, -0.15) is 13.2 Å². The molecule has 8 aromatic rings. The monoisotopic (exact) mass is 1180 g/mol. The Morgan fingerprint density at radius 1 is 0.605 bits per heavy atom. The number of aromatic nitrogens is 8. The van der Waals surface area contributed by atoms with E-state index >= 15 is 0 Å². The molecular formula is C55H64Cl3F3N12O8. The number of pyridine rings is 8. The third-order valence-corrected chi connectivity index (χ3v) is 11.2. The van der Waals surface area contributed by atoms with Crippen LogP contribution in [0.2, 0.25) is 15.5 Å². The summed E-state index contributed by atoms with van der Waals surface area (Å²) in [7, 11) is 0. The van der Waals surface area contributed by atoms with Gasteiger partial charge in [-0.1, -0.05) is 34.8 Å². The van der Waals surface area contributed by atoms with Gasteiger partial charge in [0.05, 0.1) is 36.2 Å². The molecule has 0 aliphatic heterocycles. The Labute approximate surface area is 479 Å². The van der Waals surface area contributed by atoms with E-state index in [1.165, 1.54) is 21.4 Å². The van der Waals surface area contributed by atoms with Crippen LogP contribution in [0.15, 0.2) is 120 Å². The summed E-state index contributed by atoms with van der Waals surface area (Å²) in [5.74, 6) is 1.49. The number of aldehydes is 1. The van der Waals surface area contributed by atoms with Crippen LogP contribution in [0.5, 0.6) is 0 Å². The number of nitrogens with two attached hydrogens (primary N) is 1. The minimum Gasteiger partial charge on any atom is -0.395 e. The largest absolute Gasteiger partial charge is 0.418 e. The number of fused-ring (bicyclic) bond motifs is 2. The lowest BCUT2D eigenvalue weighted by atomic mass is 10.1. The second-order valence-electron chi connectivity index (χ2n) is 19.8. The second-order valence-corrected chi connectivity index (χ2v) is 20.9. The van der Waals surface area contributed by atoms with E-state index in [-0.39, 0.29) is 66.0 Å². The van der Waals surface area contributed by atoms with Crippen molar-refractivity contribution >= 4 is 91.7 Å². The highest BCUT2D eigenvalue weighted by molar-refractivity contribution is 6.30. The van der Waals surface area contributed by atoms with Crippen molar-refractivity contribution in [2.45, 2.75) is 104 Å². The van der Waals surface area contributed by atoms with Gasteiger partial charge in [0.2, 0.25) is 0 Å². The minimum absolute atomic E-state index is 0.0491. The summed E-state index contributed by atoms with van der Waals surface area (Å²) in [4.78, 5) is 59.4. The van der Waals surface area contributed by atoms with E-state index in [4.69, 9.17) is 55.9 Å². The van der Waals surface area contributed by atoms with E-state index in [1.807, 2.05) is 41.5 Å². The summed E-state index contributed by atoms with van der Waals surface area (Å²) in [5, 5.41) is 58.2. The average Bonchev–Trinajstić information content (AvgIpc) is 3.54. The predicted octanol–water partition coefficient (Wildman–Crippen LogP) is 9.64. The van der Waals surface area contributed by atoms with Gasteiger partial charge in [0.25, 0.3) is 11.1 Å². The number of anilines is 5. The number of hydrogen-bond donors (Lipinski definition) is 9. The zero-order valence-electron chi connectivity index (χ0n) is 45.4. The molecule has 0 bridgehead atoms. The van der Waals surface area contributed by atoms with E-state index in [2.05, 4.69) is 45.9 Å². The molecule has 3 atom stereocenters. The van der Waals surface area contributed by atoms with Gasteiger partial charge in [-0.3, -0.25) is 14.4 Å². The standard InChI is InChI=1S/C21H24F3N5O3.C14H18ClN3O2.C7H8ClNO.C7H10N2O.C6H4ClNO/c1-20(2,3)28-18-16-12(5-7-29(8-9-30)19(16)32)10-15(27-18)26-14-11-13(4-6-25-14)17(31)21(22,23)24;1-14(2,3)17-12-11-9(8-10(15)16-12)4-5-18(6-7-19)13(11)20;2*1-5(10)6-2-3-9-7(8)4-6;7-6-3-5(4-9)1-2-8-6/h4-7,10-11,17,30-31H,8-9H2,1-3H3,(H2,25,26,27,28);4-5,8,19H,6-7H2,1-3H3,(H,16,17);2-5,10H,1H3;2-5,10H,1H3,(H2,8,9);1-4H. The molecule has 3 unspecified atom stereocenters. The molecule has 0 aliphatic rings. The Bertz CT molecular complexity index is 3440. The lowest BCUT2D eigenvalue weighted by molar-refractivity contribution is -0.206. The second kappa shape index (κ2) is 29.9. The minimum atomic E-state index is -4.81. The van der Waals surface area contributed by atoms with E-state index in [0.29, 0.717) is 48.8 Å². The molecule has 0 saturated carbocycles. The van der Waals surface area contributed by atoms with Gasteiger partial charge in [-0.15, -0.1) is 0 Å². The maximum Gasteiger partial charge on any atom is 0.418 e. The smallest absolute Gasteiger partial charge is 0.395 e. The fraction of sp³-hybridized carbons (Fsp3) is 0.327. The molecule has 10 N–H and O–H groups in total. The van der Waals surface area contributed by atoms with Crippen molar-refractivity contribution in [1.82, 2.24) is 39.0 Å². The highest BCUT2D eigenvalue weighted by Gasteiger charge is 2.39. The Morgan fingerprint density at radius 2 is 1.07 bits per heavy atom. The normalized spacial score (nSPS) is 12.4. The summed E-state index contributed by atoms with van der Waals surface area (Å²) in [6.07, 6.45) is 1.33. The van der Waals surface area contributed by atoms with Gasteiger partial charge >= 0.3 is 6.18 Å². The van der Waals surface area contributed by atoms with Crippen LogP contribution in [0.1, 0.15) is 101 Å². The first-order valence-electron chi connectivity index (χ1n) is 24.7. The molecule has 0 fully saturated rings. The van der Waals surface area contributed by atoms with Crippen molar-refractivity contribution in [1.29, 1.82) is 0 Å². The molecular weight excluding hydrogens is 1120 g/mol. The number of carbonyl (C=O) groups excluding carboxylic acids is 1. The van der Waals surface area contributed by atoms with Crippen LogP contribution in [0.4, 0.5) is 42.3 Å². The first kappa shape index (κ1) is 66.2. The van der Waals surface area contributed by atoms with E-state index in [1.54, 1.807) is 93.2 Å². The first-order chi connectivity index (χ1) is 37.9. The molecule has 20 nitrogen and oxygen atoms in total. The Hall–Kier alpha value is -7.35. The molecule has 0 saturated heterocycles. The van der Waals surface area contributed by atoms with Crippen LogP contribution in [0.25, 0.3) is 21.5 Å². The van der Waals surface area contributed by atoms with E-state index in [9.17, 15) is 37.8 Å². The van der Waals surface area contributed by atoms with Gasteiger partial charge in [-0.25, -0.2) is 29.9 Å². The third kappa shape index (κ3) is 21.2. The van der Waals surface area contributed by atoms with Gasteiger partial charge < -0.3 is 56.4 Å². The zero-order chi connectivity index (χ0) is 60.4. The molecule has 0 radical (unpaired) electrons. The van der Waals surface area contributed by atoms with Crippen LogP contribution < -0.4 is 32.8 Å². The van der Waals surface area contributed by atoms with Crippen molar-refractivity contribution in [2.24, 2.45) is 0 Å². The fourth-order valence-corrected chi connectivity index (χ4v) is 7.56. The summed E-state index contributed by atoms with van der Waals surface area (Å²) in [5.41, 5.74) is 5.94. The van der Waals surface area contributed by atoms with Crippen molar-refractivity contribution in [3.63, 3.8) is 0 Å². The van der Waals surface area contributed by atoms with Gasteiger partial charge in [0, 0.05) is 66.9 Å². The molecule has 26 heteroatoms. The van der Waals surface area contributed by atoms with Crippen molar-refractivity contribution < 1.29 is 43.5 Å². The highest BCUT2D eigenvalue weighted by atomic mass is 35.5. The van der Waals surface area contributed by atoms with Crippen molar-refractivity contribution in [2.75, 3.05) is 34.9 Å². The number of rotatable bonds is 12. The number of hydrogen-bond acceptors (Lipinski definition) is 18. The van der Waals surface area contributed by atoms with Crippen LogP contribution >= 0.6 is 34.8 Å². The van der Waals surface area contributed by atoms with Crippen molar-refractivity contribution in [3.8, 4) is 0 Å². The average molecular weight is 1180 g/mol. The topological polar surface area (TPSA) is 302 Å². The van der Waals surface area contributed by atoms with Crippen LogP contribution in [0, 0.1) is 0 Å². The number of aliphatic hydroxyl groups excluding tert-OH is 5. The molecule has 0 spiro atoms. The number of nitrogen functional groups attached to an aromatic ring is 1. The van der Waals surface area contributed by atoms with E-state index < -0.39 is 30.0 Å². The number of nitrogens with zero attached hydrogens (tertiary/aromatic N) is 8. The number of nitrogens with one attached hydrogen (secondary N) is 3. The Balaban J connectivity index is 0.000000243. The summed E-state index contributed by atoms with van der Waals surface area (Å²) >= 11 is 17.0. The maximum absolute atomic E-state index is 12.9. The molecule has 8 aromatic heterocycles.